The molecule has 0 bridgehead atoms. The van der Waals surface area contributed by atoms with Crippen molar-refractivity contribution in [3.63, 3.8) is 0 Å². The quantitative estimate of drug-likeness (QED) is 0.581. The minimum absolute atomic E-state index is 0.500. The first-order chi connectivity index (χ1) is 8.92. The van der Waals surface area contributed by atoms with Crippen LogP contribution in [0, 0.1) is 0 Å². The van der Waals surface area contributed by atoms with Gasteiger partial charge in [0.1, 0.15) is 11.4 Å². The van der Waals surface area contributed by atoms with E-state index in [1.165, 1.54) is 0 Å². The van der Waals surface area contributed by atoms with Gasteiger partial charge in [0.15, 0.2) is 0 Å². The van der Waals surface area contributed by atoms with Gasteiger partial charge in [-0.15, -0.1) is 0 Å². The van der Waals surface area contributed by atoms with Gasteiger partial charge in [-0.25, -0.2) is 4.79 Å². The molecule has 0 atom stereocenters. The molecule has 1 aromatic heterocycles. The molecule has 0 saturated heterocycles. The Balaban J connectivity index is 2.46. The Kier molecular flexibility index (Phi) is 5.78. The third kappa shape index (κ3) is 6.21. The number of hydrogen-bond acceptors (Lipinski definition) is 5. The number of hydrogen-bond donors (Lipinski definition) is 4. The van der Waals surface area contributed by atoms with Crippen LogP contribution in [0.1, 0.15) is 32.8 Å². The van der Waals surface area contributed by atoms with E-state index in [1.54, 1.807) is 6.20 Å². The van der Waals surface area contributed by atoms with Gasteiger partial charge in [0.2, 0.25) is 0 Å². The Morgan fingerprint density at radius 2 is 2.26 bits per heavy atom. The highest BCUT2D eigenvalue weighted by Crippen LogP contribution is 2.13. The number of amides is 1. The monoisotopic (exact) mass is 269 g/mol. The predicted molar refractivity (Wildman–Crippen MR) is 73.8 cm³/mol. The second-order valence-electron chi connectivity index (χ2n) is 5.22. The third-order valence-corrected chi connectivity index (χ3v) is 2.22. The van der Waals surface area contributed by atoms with Crippen LogP contribution in [-0.4, -0.2) is 35.0 Å². The summed E-state index contributed by atoms with van der Waals surface area (Å²) in [5, 5.41) is 12.5. The summed E-state index contributed by atoms with van der Waals surface area (Å²) in [4.78, 5) is 11.6. The molecule has 108 valence electrons. The lowest BCUT2D eigenvalue weighted by atomic mass is 10.2. The third-order valence-electron chi connectivity index (χ3n) is 2.22. The van der Waals surface area contributed by atoms with E-state index >= 15 is 0 Å². The molecule has 19 heavy (non-hydrogen) atoms. The van der Waals surface area contributed by atoms with Crippen LogP contribution in [0.2, 0.25) is 0 Å². The van der Waals surface area contributed by atoms with E-state index in [1.807, 2.05) is 20.8 Å². The number of rotatable bonds is 6. The van der Waals surface area contributed by atoms with E-state index in [2.05, 4.69) is 20.8 Å². The van der Waals surface area contributed by atoms with E-state index in [-0.39, 0.29) is 0 Å². The minimum atomic E-state index is -0.524. The molecule has 0 aliphatic carbocycles. The van der Waals surface area contributed by atoms with E-state index in [0.717, 1.165) is 18.5 Å². The van der Waals surface area contributed by atoms with Crippen molar-refractivity contribution >= 4 is 11.9 Å². The molecule has 1 aromatic rings. The molecule has 1 rings (SSSR count). The molecule has 0 spiro atoms. The summed E-state index contributed by atoms with van der Waals surface area (Å²) in [5.41, 5.74) is 5.76. The second kappa shape index (κ2) is 7.10. The van der Waals surface area contributed by atoms with Crippen molar-refractivity contribution in [3.05, 3.63) is 11.8 Å². The largest absolute Gasteiger partial charge is 0.444 e. The number of aromatic amines is 1. The average Bonchev–Trinajstić information content (AvgIpc) is 2.69. The highest BCUT2D eigenvalue weighted by Gasteiger charge is 2.17. The number of nitrogens with one attached hydrogen (secondary N) is 3. The van der Waals surface area contributed by atoms with Gasteiger partial charge in [0, 0.05) is 12.1 Å². The number of anilines is 1. The van der Waals surface area contributed by atoms with Gasteiger partial charge in [0.05, 0.1) is 6.20 Å². The Bertz CT molecular complexity index is 397. The van der Waals surface area contributed by atoms with Crippen molar-refractivity contribution < 1.29 is 9.53 Å². The number of nitrogens with zero attached hydrogens (tertiary/aromatic N) is 1. The highest BCUT2D eigenvalue weighted by atomic mass is 16.6. The first-order valence-corrected chi connectivity index (χ1v) is 6.35. The number of carbonyl (C=O) groups excluding carboxylic acids is 1. The van der Waals surface area contributed by atoms with Crippen LogP contribution in [0.15, 0.2) is 6.20 Å². The fourth-order valence-corrected chi connectivity index (χ4v) is 1.41. The first kappa shape index (κ1) is 15.5. The lowest BCUT2D eigenvalue weighted by molar-refractivity contribution is 0.0635. The summed E-state index contributed by atoms with van der Waals surface area (Å²) in [6.07, 6.45) is 2.08. The smallest absolute Gasteiger partial charge is 0.413 e. The first-order valence-electron chi connectivity index (χ1n) is 6.35. The molecule has 0 saturated carbocycles. The molecule has 0 aliphatic heterocycles. The summed E-state index contributed by atoms with van der Waals surface area (Å²) >= 11 is 0. The number of carbonyl (C=O) groups is 1. The molecule has 1 amide bonds. The van der Waals surface area contributed by atoms with Crippen molar-refractivity contribution in [1.82, 2.24) is 15.5 Å². The van der Waals surface area contributed by atoms with E-state index in [0.29, 0.717) is 18.9 Å². The zero-order chi connectivity index (χ0) is 14.3. The zero-order valence-corrected chi connectivity index (χ0v) is 11.7. The molecule has 0 fully saturated rings. The van der Waals surface area contributed by atoms with Crippen molar-refractivity contribution in [2.24, 2.45) is 5.73 Å². The van der Waals surface area contributed by atoms with Crippen LogP contribution in [0.25, 0.3) is 0 Å². The normalized spacial score (nSPS) is 11.4. The maximum atomic E-state index is 11.6. The summed E-state index contributed by atoms with van der Waals surface area (Å²) in [6.45, 7) is 7.54. The topological polar surface area (TPSA) is 105 Å². The summed E-state index contributed by atoms with van der Waals surface area (Å²) in [5.74, 6) is 0.550. The van der Waals surface area contributed by atoms with Crippen LogP contribution < -0.4 is 16.4 Å². The summed E-state index contributed by atoms with van der Waals surface area (Å²) < 4.78 is 5.17. The van der Waals surface area contributed by atoms with Gasteiger partial charge in [-0.3, -0.25) is 10.4 Å². The minimum Gasteiger partial charge on any atom is -0.444 e. The van der Waals surface area contributed by atoms with E-state index < -0.39 is 11.7 Å². The molecule has 1 heterocycles. The molecule has 7 nitrogen and oxygen atoms in total. The molecule has 0 aliphatic rings. The van der Waals surface area contributed by atoms with Crippen molar-refractivity contribution in [2.75, 3.05) is 18.4 Å². The second-order valence-corrected chi connectivity index (χ2v) is 5.22. The standard InChI is InChI=1S/C12H23N5O2/c1-12(2,3)19-11(18)16-10-9(8-15-17-10)7-14-6-4-5-13/h8,14H,4-7,13H2,1-3H3,(H2,15,16,17,18). The number of aromatic nitrogens is 2. The maximum absolute atomic E-state index is 11.6. The van der Waals surface area contributed by atoms with Crippen LogP contribution in [-0.2, 0) is 11.3 Å². The molecule has 0 aromatic carbocycles. The number of H-pyrrole nitrogens is 1. The van der Waals surface area contributed by atoms with Crippen molar-refractivity contribution in [3.8, 4) is 0 Å². The van der Waals surface area contributed by atoms with Gasteiger partial charge in [-0.1, -0.05) is 0 Å². The van der Waals surface area contributed by atoms with E-state index in [9.17, 15) is 4.79 Å². The Hall–Kier alpha value is -1.60. The van der Waals surface area contributed by atoms with Gasteiger partial charge in [-0.2, -0.15) is 5.10 Å². The van der Waals surface area contributed by atoms with Crippen LogP contribution in [0.5, 0.6) is 0 Å². The fraction of sp³-hybridized carbons (Fsp3) is 0.667. The predicted octanol–water partition coefficient (Wildman–Crippen LogP) is 1.20. The van der Waals surface area contributed by atoms with Crippen LogP contribution in [0.4, 0.5) is 10.6 Å². The van der Waals surface area contributed by atoms with E-state index in [4.69, 9.17) is 10.5 Å². The van der Waals surface area contributed by atoms with Gasteiger partial charge < -0.3 is 15.8 Å². The van der Waals surface area contributed by atoms with Gasteiger partial charge in [0.25, 0.3) is 0 Å². The molecule has 7 heteroatoms. The molecular formula is C12H23N5O2. The highest BCUT2D eigenvalue weighted by molar-refractivity contribution is 5.84. The fourth-order valence-electron chi connectivity index (χ4n) is 1.41. The zero-order valence-electron chi connectivity index (χ0n) is 11.7. The van der Waals surface area contributed by atoms with Crippen LogP contribution in [0.3, 0.4) is 0 Å². The lowest BCUT2D eigenvalue weighted by Gasteiger charge is -2.19. The molecule has 0 radical (unpaired) electrons. The van der Waals surface area contributed by atoms with Gasteiger partial charge >= 0.3 is 6.09 Å². The Morgan fingerprint density at radius 3 is 2.89 bits per heavy atom. The summed E-state index contributed by atoms with van der Waals surface area (Å²) in [6, 6.07) is 0. The molecule has 0 unspecified atom stereocenters. The Morgan fingerprint density at radius 1 is 1.53 bits per heavy atom. The summed E-state index contributed by atoms with van der Waals surface area (Å²) in [7, 11) is 0. The molecular weight excluding hydrogens is 246 g/mol. The van der Waals surface area contributed by atoms with Crippen molar-refractivity contribution in [2.45, 2.75) is 39.3 Å². The number of nitrogens with two attached hydrogens (primary N) is 1. The number of ether oxygens (including phenoxy) is 1. The van der Waals surface area contributed by atoms with Crippen LogP contribution >= 0.6 is 0 Å². The maximum Gasteiger partial charge on any atom is 0.413 e. The SMILES string of the molecule is CC(C)(C)OC(=O)Nc1[nH]ncc1CNCCCN. The van der Waals surface area contributed by atoms with Crippen molar-refractivity contribution in [1.29, 1.82) is 0 Å². The lowest BCUT2D eigenvalue weighted by Crippen LogP contribution is -2.28. The van der Waals surface area contributed by atoms with Gasteiger partial charge in [-0.05, 0) is 40.3 Å². The average molecular weight is 269 g/mol. The Labute approximate surface area is 113 Å². The molecule has 5 N–H and O–H groups in total.